The highest BCUT2D eigenvalue weighted by Crippen LogP contribution is 2.25. The largest absolute Gasteiger partial charge is 0.493 e. The van der Waals surface area contributed by atoms with Crippen molar-refractivity contribution in [2.45, 2.75) is 13.2 Å². The van der Waals surface area contributed by atoms with E-state index in [0.717, 1.165) is 10.3 Å². The molecular formula is C20H16F2N4O3. The minimum absolute atomic E-state index is 0.0592. The van der Waals surface area contributed by atoms with Crippen LogP contribution in [0.2, 0.25) is 0 Å². The average molecular weight is 398 g/mol. The van der Waals surface area contributed by atoms with E-state index in [9.17, 15) is 13.6 Å². The number of halogens is 2. The molecule has 0 spiro atoms. The molecule has 0 amide bonds. The molecule has 9 heteroatoms. The van der Waals surface area contributed by atoms with Crippen LogP contribution in [0.25, 0.3) is 16.7 Å². The van der Waals surface area contributed by atoms with Crippen molar-refractivity contribution >= 4 is 17.0 Å². The third-order valence-corrected chi connectivity index (χ3v) is 4.31. The van der Waals surface area contributed by atoms with Gasteiger partial charge in [-0.05, 0) is 24.3 Å². The Morgan fingerprint density at radius 2 is 1.83 bits per heavy atom. The van der Waals surface area contributed by atoms with Crippen molar-refractivity contribution in [2.75, 3.05) is 7.11 Å². The molecule has 0 saturated carbocycles. The van der Waals surface area contributed by atoms with Gasteiger partial charge in [0.05, 0.1) is 30.0 Å². The lowest BCUT2D eigenvalue weighted by atomic mass is 10.3. The predicted molar refractivity (Wildman–Crippen MR) is 100 cm³/mol. The van der Waals surface area contributed by atoms with E-state index in [4.69, 9.17) is 9.47 Å². The summed E-state index contributed by atoms with van der Waals surface area (Å²) in [4.78, 5) is 16.7. The molecule has 7 nitrogen and oxygen atoms in total. The van der Waals surface area contributed by atoms with Crippen molar-refractivity contribution in [3.8, 4) is 11.4 Å². The van der Waals surface area contributed by atoms with Crippen LogP contribution >= 0.6 is 0 Å². The summed E-state index contributed by atoms with van der Waals surface area (Å²) < 4.78 is 39.6. The van der Waals surface area contributed by atoms with Crippen LogP contribution in [0, 0.1) is 0 Å². The molecule has 4 aromatic rings. The Morgan fingerprint density at radius 3 is 2.55 bits per heavy atom. The summed E-state index contributed by atoms with van der Waals surface area (Å²) in [6, 6.07) is 15.6. The first kappa shape index (κ1) is 18.6. The number of nitrogens with zero attached hydrogens (tertiary/aromatic N) is 4. The zero-order valence-corrected chi connectivity index (χ0v) is 15.3. The number of aromatic nitrogens is 4. The number of esters is 1. The Hall–Kier alpha value is -3.75. The number of alkyl halides is 2. The number of methoxy groups -OCH3 is 1. The van der Waals surface area contributed by atoms with Crippen molar-refractivity contribution in [1.82, 2.24) is 19.3 Å². The predicted octanol–water partition coefficient (Wildman–Crippen LogP) is 3.98. The maximum Gasteiger partial charge on any atom is 0.363 e. The molecule has 148 valence electrons. The number of ether oxygens (including phenoxy) is 2. The second kappa shape index (κ2) is 7.70. The number of carbonyl (C=O) groups excluding carboxylic acids is 1. The zero-order chi connectivity index (χ0) is 20.4. The molecule has 2 aromatic heterocycles. The number of para-hydroxylation sites is 3. The summed E-state index contributed by atoms with van der Waals surface area (Å²) in [6.07, 6.45) is 1.54. The first-order valence-electron chi connectivity index (χ1n) is 8.68. The van der Waals surface area contributed by atoms with Crippen LogP contribution in [0.1, 0.15) is 22.9 Å². The summed E-state index contributed by atoms with van der Waals surface area (Å²) >= 11 is 0. The van der Waals surface area contributed by atoms with Crippen LogP contribution in [-0.4, -0.2) is 32.4 Å². The van der Waals surface area contributed by atoms with E-state index in [0.29, 0.717) is 5.52 Å². The van der Waals surface area contributed by atoms with Crippen LogP contribution < -0.4 is 4.74 Å². The fourth-order valence-corrected chi connectivity index (χ4v) is 2.97. The Labute approximate surface area is 164 Å². The lowest BCUT2D eigenvalue weighted by Gasteiger charge is -2.08. The van der Waals surface area contributed by atoms with Gasteiger partial charge in [-0.1, -0.05) is 30.3 Å². The van der Waals surface area contributed by atoms with Crippen LogP contribution in [0.3, 0.4) is 0 Å². The molecule has 4 rings (SSSR count). The summed E-state index contributed by atoms with van der Waals surface area (Å²) in [5, 5.41) is 4.21. The number of carbonyl (C=O) groups is 1. The highest BCUT2D eigenvalue weighted by Gasteiger charge is 2.23. The molecule has 0 atom stereocenters. The van der Waals surface area contributed by atoms with E-state index in [-0.39, 0.29) is 22.8 Å². The minimum Gasteiger partial charge on any atom is -0.493 e. The summed E-state index contributed by atoms with van der Waals surface area (Å²) in [5.74, 6) is -0.651. The molecular weight excluding hydrogens is 382 g/mol. The number of fused-ring (bicyclic) bond motifs is 1. The van der Waals surface area contributed by atoms with Crippen molar-refractivity contribution in [3.63, 3.8) is 0 Å². The van der Waals surface area contributed by atoms with Crippen LogP contribution in [0.5, 0.6) is 5.75 Å². The van der Waals surface area contributed by atoms with Crippen molar-refractivity contribution in [1.29, 1.82) is 0 Å². The van der Waals surface area contributed by atoms with Gasteiger partial charge >= 0.3 is 12.5 Å². The second-order valence-electron chi connectivity index (χ2n) is 6.07. The van der Waals surface area contributed by atoms with Gasteiger partial charge in [0.15, 0.2) is 11.6 Å². The van der Waals surface area contributed by atoms with E-state index in [2.05, 4.69) is 10.1 Å². The monoisotopic (exact) mass is 398 g/mol. The maximum atomic E-state index is 13.5. The molecule has 29 heavy (non-hydrogen) atoms. The van der Waals surface area contributed by atoms with Gasteiger partial charge in [-0.2, -0.15) is 13.9 Å². The normalized spacial score (nSPS) is 11.2. The number of benzene rings is 2. The third kappa shape index (κ3) is 3.54. The SMILES string of the molecule is COc1cn(-c2ccccc2)nc1C(=O)OCc1nc2ccccc2n1C(F)F. The molecule has 0 aliphatic carbocycles. The van der Waals surface area contributed by atoms with Crippen LogP contribution in [0.15, 0.2) is 60.8 Å². The van der Waals surface area contributed by atoms with Gasteiger partial charge < -0.3 is 9.47 Å². The highest BCUT2D eigenvalue weighted by atomic mass is 19.3. The van der Waals surface area contributed by atoms with E-state index < -0.39 is 19.1 Å². The van der Waals surface area contributed by atoms with E-state index in [1.807, 2.05) is 30.3 Å². The number of hydrogen-bond acceptors (Lipinski definition) is 5. The molecule has 0 bridgehead atoms. The van der Waals surface area contributed by atoms with Gasteiger partial charge in [0.25, 0.3) is 0 Å². The second-order valence-corrected chi connectivity index (χ2v) is 6.07. The van der Waals surface area contributed by atoms with Gasteiger partial charge in [-0.3, -0.25) is 4.57 Å². The van der Waals surface area contributed by atoms with E-state index >= 15 is 0 Å². The fourth-order valence-electron chi connectivity index (χ4n) is 2.97. The van der Waals surface area contributed by atoms with Crippen molar-refractivity contribution in [2.24, 2.45) is 0 Å². The van der Waals surface area contributed by atoms with Gasteiger partial charge in [0.2, 0.25) is 5.69 Å². The Balaban J connectivity index is 1.59. The molecule has 0 unspecified atom stereocenters. The number of rotatable bonds is 6. The molecule has 0 radical (unpaired) electrons. The van der Waals surface area contributed by atoms with Crippen molar-refractivity contribution in [3.05, 3.63) is 72.3 Å². The molecule has 0 fully saturated rings. The fraction of sp³-hybridized carbons (Fsp3) is 0.150. The van der Waals surface area contributed by atoms with Gasteiger partial charge in [0.1, 0.15) is 6.61 Å². The molecule has 0 aliphatic rings. The highest BCUT2D eigenvalue weighted by molar-refractivity contribution is 5.90. The number of hydrogen-bond donors (Lipinski definition) is 0. The Bertz CT molecular complexity index is 1160. The first-order chi connectivity index (χ1) is 14.1. The molecule has 2 heterocycles. The summed E-state index contributed by atoms with van der Waals surface area (Å²) in [5.41, 5.74) is 1.32. The lowest BCUT2D eigenvalue weighted by molar-refractivity contribution is 0.0378. The maximum absolute atomic E-state index is 13.5. The topological polar surface area (TPSA) is 71.2 Å². The van der Waals surface area contributed by atoms with Gasteiger partial charge in [-0.15, -0.1) is 0 Å². The van der Waals surface area contributed by atoms with E-state index in [1.54, 1.807) is 24.4 Å². The first-order valence-corrected chi connectivity index (χ1v) is 8.68. The molecule has 0 aliphatic heterocycles. The van der Waals surface area contributed by atoms with Crippen LogP contribution in [-0.2, 0) is 11.3 Å². The average Bonchev–Trinajstić information content (AvgIpc) is 3.34. The number of imidazole rings is 1. The smallest absolute Gasteiger partial charge is 0.363 e. The van der Waals surface area contributed by atoms with Crippen LogP contribution in [0.4, 0.5) is 8.78 Å². The van der Waals surface area contributed by atoms with E-state index in [1.165, 1.54) is 17.9 Å². The molecule has 0 saturated heterocycles. The third-order valence-electron chi connectivity index (χ3n) is 4.31. The van der Waals surface area contributed by atoms with Gasteiger partial charge in [0, 0.05) is 0 Å². The minimum atomic E-state index is -2.82. The standard InChI is InChI=1S/C20H16F2N4O3/c1-28-16-11-25(13-7-3-2-4-8-13)24-18(16)19(27)29-12-17-23-14-9-5-6-10-15(14)26(17)20(21)22/h2-11,20H,12H2,1H3. The molecule has 2 aromatic carbocycles. The van der Waals surface area contributed by atoms with Crippen molar-refractivity contribution < 1.29 is 23.0 Å². The Kier molecular flexibility index (Phi) is 4.94. The summed E-state index contributed by atoms with van der Waals surface area (Å²) in [6.45, 7) is -3.25. The summed E-state index contributed by atoms with van der Waals surface area (Å²) in [7, 11) is 1.40. The lowest BCUT2D eigenvalue weighted by Crippen LogP contribution is -2.12. The quantitative estimate of drug-likeness (QED) is 0.460. The Morgan fingerprint density at radius 1 is 1.10 bits per heavy atom. The zero-order valence-electron chi connectivity index (χ0n) is 15.3. The molecule has 0 N–H and O–H groups in total. The van der Waals surface area contributed by atoms with Gasteiger partial charge in [-0.25, -0.2) is 14.5 Å².